The van der Waals surface area contributed by atoms with E-state index in [4.69, 9.17) is 9.05 Å². The molecule has 5 atom stereocenters. The molecule has 0 aliphatic rings. The zero-order chi connectivity index (χ0) is 41.0. The number of hydrogen-bond donors (Lipinski definition) is 5. The zero-order valence-corrected chi connectivity index (χ0v) is 36.3. The van der Waals surface area contributed by atoms with Gasteiger partial charge in [0, 0.05) is 6.42 Å². The fourth-order valence-corrected chi connectivity index (χ4v) is 6.38. The predicted octanol–water partition coefficient (Wildman–Crippen LogP) is 9.41. The van der Waals surface area contributed by atoms with Crippen molar-refractivity contribution in [3.8, 4) is 0 Å². The summed E-state index contributed by atoms with van der Waals surface area (Å²) in [5, 5.41) is 34.1. The van der Waals surface area contributed by atoms with Crippen molar-refractivity contribution < 1.29 is 43.1 Å². The van der Waals surface area contributed by atoms with Gasteiger partial charge in [-0.15, -0.1) is 0 Å². The summed E-state index contributed by atoms with van der Waals surface area (Å²) in [4.78, 5) is 23.1. The highest BCUT2D eigenvalue weighted by Gasteiger charge is 2.27. The van der Waals surface area contributed by atoms with E-state index in [1.54, 1.807) is 42.5 Å². The molecule has 0 aliphatic carbocycles. The monoisotopic (exact) mass is 798 g/mol. The van der Waals surface area contributed by atoms with Crippen molar-refractivity contribution in [2.24, 2.45) is 0 Å². The Balaban J connectivity index is 4.77. The molecule has 0 bridgehead atoms. The Morgan fingerprint density at radius 2 is 1.20 bits per heavy atom. The molecular weight excluding hydrogens is 715 g/mol. The van der Waals surface area contributed by atoms with E-state index in [-0.39, 0.29) is 18.9 Å². The lowest BCUT2D eigenvalue weighted by molar-refractivity contribution is -0.870. The molecule has 11 heteroatoms. The minimum atomic E-state index is -4.41. The minimum absolute atomic E-state index is 0.0132. The lowest BCUT2D eigenvalue weighted by Gasteiger charge is -2.25. The quantitative estimate of drug-likeness (QED) is 0.0138. The number of carbonyl (C=O) groups is 1. The van der Waals surface area contributed by atoms with Gasteiger partial charge >= 0.3 is 7.82 Å². The number of unbranched alkanes of at least 4 members (excludes halogenated alkanes) is 15. The van der Waals surface area contributed by atoms with Crippen LogP contribution in [0, 0.1) is 0 Å². The van der Waals surface area contributed by atoms with Crippen LogP contribution >= 0.6 is 7.82 Å². The van der Waals surface area contributed by atoms with Crippen LogP contribution in [0.3, 0.4) is 0 Å². The number of phosphoric ester groups is 1. The maximum Gasteiger partial charge on any atom is 0.472 e. The average Bonchev–Trinajstić information content (AvgIpc) is 3.12. The lowest BCUT2D eigenvalue weighted by Crippen LogP contribution is -2.45. The van der Waals surface area contributed by atoms with Crippen LogP contribution in [0.15, 0.2) is 60.8 Å². The van der Waals surface area contributed by atoms with E-state index < -0.39 is 38.8 Å². The highest BCUT2D eigenvalue weighted by atomic mass is 31.2. The van der Waals surface area contributed by atoms with Crippen LogP contribution in [0.2, 0.25) is 0 Å². The summed E-state index contributed by atoms with van der Waals surface area (Å²) in [6, 6.07) is -0.962. The lowest BCUT2D eigenvalue weighted by atomic mass is 10.0. The summed E-state index contributed by atoms with van der Waals surface area (Å²) < 4.78 is 23.4. The van der Waals surface area contributed by atoms with Gasteiger partial charge in [-0.1, -0.05) is 158 Å². The van der Waals surface area contributed by atoms with Gasteiger partial charge in [0.15, 0.2) is 0 Å². The first kappa shape index (κ1) is 53.1. The number of aliphatic hydroxyl groups is 3. The second-order valence-corrected chi connectivity index (χ2v) is 17.2. The molecule has 0 aromatic rings. The number of nitrogens with one attached hydrogen (secondary N) is 1. The highest BCUT2D eigenvalue weighted by Crippen LogP contribution is 2.43. The van der Waals surface area contributed by atoms with Crippen LogP contribution in [0.1, 0.15) is 149 Å². The molecule has 10 nitrogen and oxygen atoms in total. The predicted molar refractivity (Wildman–Crippen MR) is 229 cm³/mol. The fraction of sp³-hybridized carbons (Fsp3) is 0.750. The Morgan fingerprint density at radius 1 is 0.673 bits per heavy atom. The Bertz CT molecular complexity index is 1120. The summed E-state index contributed by atoms with van der Waals surface area (Å²) >= 11 is 0. The first-order valence-corrected chi connectivity index (χ1v) is 22.9. The topological polar surface area (TPSA) is 146 Å². The van der Waals surface area contributed by atoms with E-state index in [0.29, 0.717) is 30.3 Å². The van der Waals surface area contributed by atoms with Crippen molar-refractivity contribution in [1.82, 2.24) is 5.32 Å². The Kier molecular flexibility index (Phi) is 34.1. The molecule has 1 amide bonds. The number of nitrogens with zero attached hydrogens (tertiary/aromatic N) is 1. The normalized spacial score (nSPS) is 16.2. The molecule has 0 rings (SSSR count). The van der Waals surface area contributed by atoms with Crippen molar-refractivity contribution in [1.29, 1.82) is 0 Å². The third kappa shape index (κ3) is 37.5. The summed E-state index contributed by atoms with van der Waals surface area (Å²) in [6.45, 7) is 4.52. The number of quaternary nitrogens is 1. The van der Waals surface area contributed by atoms with Crippen LogP contribution in [0.5, 0.6) is 0 Å². The van der Waals surface area contributed by atoms with Gasteiger partial charge in [0.2, 0.25) is 5.91 Å². The molecule has 1 unspecified atom stereocenters. The first-order valence-electron chi connectivity index (χ1n) is 21.4. The van der Waals surface area contributed by atoms with Crippen LogP contribution in [-0.2, 0) is 18.4 Å². The molecule has 5 N–H and O–H groups in total. The van der Waals surface area contributed by atoms with Gasteiger partial charge in [-0.2, -0.15) is 0 Å². The molecule has 320 valence electrons. The number of likely N-dealkylation sites (N-methyl/N-ethyl adjacent to an activating group) is 1. The third-order valence-corrected chi connectivity index (χ3v) is 10.2. The van der Waals surface area contributed by atoms with Gasteiger partial charge in [-0.05, 0) is 44.9 Å². The van der Waals surface area contributed by atoms with Gasteiger partial charge < -0.3 is 30.0 Å². The second-order valence-electron chi connectivity index (χ2n) is 15.8. The maximum absolute atomic E-state index is 12.9. The number of rotatable bonds is 37. The van der Waals surface area contributed by atoms with Gasteiger partial charge in [0.1, 0.15) is 13.2 Å². The summed E-state index contributed by atoms with van der Waals surface area (Å²) in [5.74, 6) is -0.365. The molecule has 0 fully saturated rings. The Morgan fingerprint density at radius 3 is 1.80 bits per heavy atom. The standard InChI is InChI=1S/C44H81N2O8P/c1-6-8-10-12-14-15-16-17-18-19-20-21-23-29-35-43(49)42(39-54-55(51,52)53-38-37-46(3,4)5)45-44(50)36-30-34-41(48)33-28-25-24-27-32-40(47)31-26-22-13-11-9-7-2/h22,24-29,32-33,35,40-43,47-49H,6-21,23,30-31,34,36-39H2,1-5H3,(H-,45,50,51,52)/p+1/b25-24+,26-22-,32-27+,33-28-,35-29+/t40-,41-,42-,43+/m0/s1. The van der Waals surface area contributed by atoms with Crippen molar-refractivity contribution in [2.75, 3.05) is 40.9 Å². The van der Waals surface area contributed by atoms with Gasteiger partial charge in [-0.25, -0.2) is 4.57 Å². The largest absolute Gasteiger partial charge is 0.472 e. The van der Waals surface area contributed by atoms with Crippen LogP contribution in [0.4, 0.5) is 0 Å². The molecule has 0 spiro atoms. The maximum atomic E-state index is 12.9. The van der Waals surface area contributed by atoms with Crippen molar-refractivity contribution in [3.05, 3.63) is 60.8 Å². The summed E-state index contributed by atoms with van der Waals surface area (Å²) in [6.07, 6.45) is 37.7. The minimum Gasteiger partial charge on any atom is -0.389 e. The number of carbonyl (C=O) groups excluding carboxylic acids is 1. The van der Waals surface area contributed by atoms with E-state index in [2.05, 4.69) is 25.2 Å². The second kappa shape index (κ2) is 35.3. The van der Waals surface area contributed by atoms with Gasteiger partial charge in [-0.3, -0.25) is 13.8 Å². The third-order valence-electron chi connectivity index (χ3n) is 9.17. The number of phosphoric acid groups is 1. The van der Waals surface area contributed by atoms with Crippen molar-refractivity contribution in [2.45, 2.75) is 173 Å². The number of hydrogen-bond acceptors (Lipinski definition) is 7. The van der Waals surface area contributed by atoms with E-state index in [9.17, 15) is 29.6 Å². The molecule has 0 aliphatic heterocycles. The molecular formula is C44H82N2O8P+. The molecule has 0 saturated heterocycles. The van der Waals surface area contributed by atoms with E-state index in [1.807, 2.05) is 33.3 Å². The zero-order valence-electron chi connectivity index (χ0n) is 35.4. The Labute approximate surface area is 336 Å². The van der Waals surface area contributed by atoms with Crippen LogP contribution in [0.25, 0.3) is 0 Å². The number of aliphatic hydroxyl groups excluding tert-OH is 3. The van der Waals surface area contributed by atoms with Crippen molar-refractivity contribution in [3.63, 3.8) is 0 Å². The molecule has 0 aromatic carbocycles. The number of amides is 1. The van der Waals surface area contributed by atoms with Gasteiger partial charge in [0.25, 0.3) is 0 Å². The number of allylic oxidation sites excluding steroid dienone is 6. The molecule has 0 saturated carbocycles. The van der Waals surface area contributed by atoms with Gasteiger partial charge in [0.05, 0.1) is 52.1 Å². The summed E-state index contributed by atoms with van der Waals surface area (Å²) in [7, 11) is 1.41. The molecule has 0 aromatic heterocycles. The molecule has 55 heavy (non-hydrogen) atoms. The molecule has 0 radical (unpaired) electrons. The smallest absolute Gasteiger partial charge is 0.389 e. The molecule has 0 heterocycles. The average molecular weight is 798 g/mol. The highest BCUT2D eigenvalue weighted by molar-refractivity contribution is 7.47. The Hall–Kier alpha value is -1.88. The fourth-order valence-electron chi connectivity index (χ4n) is 5.64. The van der Waals surface area contributed by atoms with Crippen LogP contribution < -0.4 is 5.32 Å². The first-order chi connectivity index (χ1) is 26.3. The van der Waals surface area contributed by atoms with E-state index >= 15 is 0 Å². The van der Waals surface area contributed by atoms with E-state index in [0.717, 1.165) is 25.7 Å². The van der Waals surface area contributed by atoms with Crippen molar-refractivity contribution >= 4 is 13.7 Å². The summed E-state index contributed by atoms with van der Waals surface area (Å²) in [5.41, 5.74) is 0. The SMILES string of the molecule is CCCCC/C=C\C[C@H](O)/C=C/C=C/C=C\[C@H](O)CCCC(=O)N[C@@H](COP(=O)(O)OCC[N+](C)(C)C)[C@H](O)/C=C/CCCCCCCCCCCCCC. The van der Waals surface area contributed by atoms with Crippen LogP contribution in [-0.4, -0.2) is 95.9 Å². The van der Waals surface area contributed by atoms with E-state index in [1.165, 1.54) is 83.5 Å².